The van der Waals surface area contributed by atoms with Gasteiger partial charge in [-0.2, -0.15) is 0 Å². The fourth-order valence-corrected chi connectivity index (χ4v) is 3.20. The van der Waals surface area contributed by atoms with E-state index >= 15 is 0 Å². The Morgan fingerprint density at radius 1 is 1.10 bits per heavy atom. The molecule has 7 nitrogen and oxygen atoms in total. The van der Waals surface area contributed by atoms with Gasteiger partial charge in [-0.15, -0.1) is 0 Å². The fraction of sp³-hybridized carbons (Fsp3) is 0.435. The van der Waals surface area contributed by atoms with Crippen molar-refractivity contribution in [1.29, 1.82) is 0 Å². The van der Waals surface area contributed by atoms with E-state index in [2.05, 4.69) is 22.1 Å². The van der Waals surface area contributed by atoms with Gasteiger partial charge in [-0.1, -0.05) is 19.1 Å². The van der Waals surface area contributed by atoms with Crippen LogP contribution < -0.4 is 10.6 Å². The standard InChI is InChI=1S/C23H31N3O4/c1-6-11-26-16(4)12-20(17(26)5)21(27)14-30-22(28)19-9-7-18(8-10-19)13-24-23(29)25-15(2)3/h7-10,12,15H,6,11,13-14H2,1-5H3,(H2,24,25,29). The zero-order valence-corrected chi connectivity index (χ0v) is 18.4. The third-order valence-corrected chi connectivity index (χ3v) is 4.72. The highest BCUT2D eigenvalue weighted by molar-refractivity contribution is 6.00. The number of urea groups is 1. The molecule has 0 spiro atoms. The fourth-order valence-electron chi connectivity index (χ4n) is 3.20. The molecule has 1 aromatic carbocycles. The van der Waals surface area contributed by atoms with Gasteiger partial charge in [0.15, 0.2) is 6.61 Å². The summed E-state index contributed by atoms with van der Waals surface area (Å²) in [4.78, 5) is 36.4. The highest BCUT2D eigenvalue weighted by Gasteiger charge is 2.17. The molecule has 0 aliphatic carbocycles. The second-order valence-corrected chi connectivity index (χ2v) is 7.61. The summed E-state index contributed by atoms with van der Waals surface area (Å²) in [5.41, 5.74) is 3.72. The van der Waals surface area contributed by atoms with Gasteiger partial charge >= 0.3 is 12.0 Å². The van der Waals surface area contributed by atoms with Crippen molar-refractivity contribution in [2.24, 2.45) is 0 Å². The normalized spacial score (nSPS) is 10.7. The van der Waals surface area contributed by atoms with Gasteiger partial charge in [0.1, 0.15) is 0 Å². The molecule has 0 aliphatic rings. The van der Waals surface area contributed by atoms with E-state index in [9.17, 15) is 14.4 Å². The highest BCUT2D eigenvalue weighted by Crippen LogP contribution is 2.17. The van der Waals surface area contributed by atoms with Crippen molar-refractivity contribution in [2.75, 3.05) is 6.61 Å². The first-order valence-corrected chi connectivity index (χ1v) is 10.2. The van der Waals surface area contributed by atoms with E-state index in [0.29, 0.717) is 17.7 Å². The Labute approximate surface area is 177 Å². The van der Waals surface area contributed by atoms with Gasteiger partial charge in [-0.3, -0.25) is 4.79 Å². The number of ether oxygens (including phenoxy) is 1. The van der Waals surface area contributed by atoms with Crippen LogP contribution in [0.25, 0.3) is 0 Å². The van der Waals surface area contributed by atoms with Gasteiger partial charge in [-0.25, -0.2) is 9.59 Å². The van der Waals surface area contributed by atoms with Crippen LogP contribution in [-0.4, -0.2) is 35.0 Å². The molecule has 0 saturated carbocycles. The van der Waals surface area contributed by atoms with Crippen LogP contribution in [0.3, 0.4) is 0 Å². The first-order valence-electron chi connectivity index (χ1n) is 10.2. The van der Waals surface area contributed by atoms with Crippen LogP contribution in [0.5, 0.6) is 0 Å². The molecule has 2 N–H and O–H groups in total. The average molecular weight is 414 g/mol. The summed E-state index contributed by atoms with van der Waals surface area (Å²) >= 11 is 0. The molecule has 0 bridgehead atoms. The molecule has 162 valence electrons. The molecule has 2 rings (SSSR count). The number of aryl methyl sites for hydroxylation is 1. The Bertz CT molecular complexity index is 898. The van der Waals surface area contributed by atoms with Gasteiger partial charge in [0, 0.05) is 36.1 Å². The molecule has 1 heterocycles. The molecule has 7 heteroatoms. The minimum atomic E-state index is -0.553. The van der Waals surface area contributed by atoms with Crippen molar-refractivity contribution < 1.29 is 19.1 Å². The summed E-state index contributed by atoms with van der Waals surface area (Å²) in [6.07, 6.45) is 0.979. The van der Waals surface area contributed by atoms with Gasteiger partial charge in [-0.05, 0) is 57.9 Å². The monoisotopic (exact) mass is 413 g/mol. The molecule has 30 heavy (non-hydrogen) atoms. The topological polar surface area (TPSA) is 89.4 Å². The summed E-state index contributed by atoms with van der Waals surface area (Å²) in [5.74, 6) is -0.765. The lowest BCUT2D eigenvalue weighted by atomic mass is 10.1. The largest absolute Gasteiger partial charge is 0.454 e. The van der Waals surface area contributed by atoms with Crippen LogP contribution >= 0.6 is 0 Å². The maximum Gasteiger partial charge on any atom is 0.338 e. The Balaban J connectivity index is 1.90. The first kappa shape index (κ1) is 23.2. The lowest BCUT2D eigenvalue weighted by Gasteiger charge is -2.10. The summed E-state index contributed by atoms with van der Waals surface area (Å²) in [6.45, 7) is 10.6. The van der Waals surface area contributed by atoms with Gasteiger partial charge in [0.2, 0.25) is 5.78 Å². The van der Waals surface area contributed by atoms with E-state index in [1.165, 1.54) is 0 Å². The van der Waals surface area contributed by atoms with Gasteiger partial charge < -0.3 is 19.9 Å². The molecule has 1 aromatic heterocycles. The summed E-state index contributed by atoms with van der Waals surface area (Å²) in [6, 6.07) is 8.39. The minimum Gasteiger partial charge on any atom is -0.454 e. The number of esters is 1. The molecule has 0 radical (unpaired) electrons. The molecule has 0 aliphatic heterocycles. The van der Waals surface area contributed by atoms with Crippen molar-refractivity contribution in [2.45, 2.75) is 60.2 Å². The number of Topliss-reactive ketones (excluding diaryl/α,β-unsaturated/α-hetero) is 1. The molecule has 2 aromatic rings. The second-order valence-electron chi connectivity index (χ2n) is 7.61. The first-order chi connectivity index (χ1) is 14.2. The van der Waals surface area contributed by atoms with E-state index in [4.69, 9.17) is 4.74 Å². The lowest BCUT2D eigenvalue weighted by molar-refractivity contribution is 0.0474. The lowest BCUT2D eigenvalue weighted by Crippen LogP contribution is -2.39. The van der Waals surface area contributed by atoms with Crippen molar-refractivity contribution >= 4 is 17.8 Å². The smallest absolute Gasteiger partial charge is 0.338 e. The SMILES string of the molecule is CCCn1c(C)cc(C(=O)COC(=O)c2ccc(CNC(=O)NC(C)C)cc2)c1C. The number of aromatic nitrogens is 1. The molecular formula is C23H31N3O4. The van der Waals surface area contributed by atoms with Crippen molar-refractivity contribution in [3.63, 3.8) is 0 Å². The Kier molecular flexibility index (Phi) is 8.21. The van der Waals surface area contributed by atoms with Gasteiger partial charge in [0.25, 0.3) is 0 Å². The summed E-state index contributed by atoms with van der Waals surface area (Å²) < 4.78 is 7.31. The highest BCUT2D eigenvalue weighted by atomic mass is 16.5. The molecule has 0 unspecified atom stereocenters. The third-order valence-electron chi connectivity index (χ3n) is 4.72. The summed E-state index contributed by atoms with van der Waals surface area (Å²) in [7, 11) is 0. The average Bonchev–Trinajstić information content (AvgIpc) is 2.99. The van der Waals surface area contributed by atoms with E-state index in [-0.39, 0.29) is 24.5 Å². The molecule has 0 atom stereocenters. The molecular weight excluding hydrogens is 382 g/mol. The van der Waals surface area contributed by atoms with Crippen LogP contribution in [0.4, 0.5) is 4.79 Å². The Morgan fingerprint density at radius 3 is 2.37 bits per heavy atom. The predicted molar refractivity (Wildman–Crippen MR) is 116 cm³/mol. The maximum absolute atomic E-state index is 12.5. The Hall–Kier alpha value is -3.09. The van der Waals surface area contributed by atoms with Crippen LogP contribution in [0.2, 0.25) is 0 Å². The number of carbonyl (C=O) groups excluding carboxylic acids is 3. The number of nitrogens with one attached hydrogen (secondary N) is 2. The van der Waals surface area contributed by atoms with Crippen LogP contribution in [-0.2, 0) is 17.8 Å². The number of benzene rings is 1. The molecule has 0 fully saturated rings. The number of nitrogens with zero attached hydrogens (tertiary/aromatic N) is 1. The van der Waals surface area contributed by atoms with Crippen LogP contribution in [0.15, 0.2) is 30.3 Å². The number of hydrogen-bond donors (Lipinski definition) is 2. The zero-order valence-electron chi connectivity index (χ0n) is 18.4. The quantitative estimate of drug-likeness (QED) is 0.484. The van der Waals surface area contributed by atoms with E-state index < -0.39 is 5.97 Å². The second kappa shape index (κ2) is 10.6. The van der Waals surface area contributed by atoms with Crippen molar-refractivity contribution in [1.82, 2.24) is 15.2 Å². The minimum absolute atomic E-state index is 0.0581. The van der Waals surface area contributed by atoms with E-state index in [0.717, 1.165) is 29.9 Å². The third kappa shape index (κ3) is 6.20. The molecule has 2 amide bonds. The van der Waals surface area contributed by atoms with Crippen molar-refractivity contribution in [3.8, 4) is 0 Å². The summed E-state index contributed by atoms with van der Waals surface area (Å²) in [5, 5.41) is 5.49. The number of carbonyl (C=O) groups is 3. The van der Waals surface area contributed by atoms with E-state index in [1.807, 2.05) is 33.8 Å². The number of rotatable bonds is 9. The van der Waals surface area contributed by atoms with Crippen LogP contribution in [0, 0.1) is 13.8 Å². The number of hydrogen-bond acceptors (Lipinski definition) is 4. The number of amides is 2. The van der Waals surface area contributed by atoms with Crippen LogP contribution in [0.1, 0.15) is 64.9 Å². The Morgan fingerprint density at radius 2 is 1.77 bits per heavy atom. The van der Waals surface area contributed by atoms with Gasteiger partial charge in [0.05, 0.1) is 5.56 Å². The van der Waals surface area contributed by atoms with E-state index in [1.54, 1.807) is 24.3 Å². The van der Waals surface area contributed by atoms with Crippen molar-refractivity contribution in [3.05, 3.63) is 58.4 Å². The molecule has 0 saturated heterocycles. The predicted octanol–water partition coefficient (Wildman–Crippen LogP) is 3.76. The maximum atomic E-state index is 12.5. The zero-order chi connectivity index (χ0) is 22.3. The number of ketones is 1.